The third-order valence-corrected chi connectivity index (χ3v) is 10.1. The van der Waals surface area contributed by atoms with E-state index in [1.54, 1.807) is 18.3 Å². The van der Waals surface area contributed by atoms with Crippen molar-refractivity contribution in [2.24, 2.45) is 10.9 Å². The molecule has 2 aliphatic heterocycles. The summed E-state index contributed by atoms with van der Waals surface area (Å²) < 4.78 is 3.82. The van der Waals surface area contributed by atoms with Crippen molar-refractivity contribution < 1.29 is 39.4 Å². The number of amides is 3. The second-order valence-corrected chi connectivity index (χ2v) is 13.1. The summed E-state index contributed by atoms with van der Waals surface area (Å²) in [6, 6.07) is 1.26. The summed E-state index contributed by atoms with van der Waals surface area (Å²) in [6.07, 6.45) is 1.12. The van der Waals surface area contributed by atoms with E-state index in [1.165, 1.54) is 35.3 Å². The highest BCUT2D eigenvalue weighted by Gasteiger charge is 2.54. The van der Waals surface area contributed by atoms with Crippen LogP contribution in [0.1, 0.15) is 17.9 Å². The first kappa shape index (κ1) is 33.0. The highest BCUT2D eigenvalue weighted by molar-refractivity contribution is 8.06. The Kier molecular flexibility index (Phi) is 11.0. The van der Waals surface area contributed by atoms with Gasteiger partial charge in [0.2, 0.25) is 17.4 Å². The highest BCUT2D eigenvalue weighted by atomic mass is 32.2. The molecule has 0 aliphatic carbocycles. The molecule has 4 heterocycles. The van der Waals surface area contributed by atoms with Gasteiger partial charge >= 0.3 is 11.9 Å². The topological polar surface area (TPSA) is 276 Å². The maximum absolute atomic E-state index is 13.1. The number of fused-ring (bicyclic) bond motifs is 1. The Bertz CT molecular complexity index is 1530. The van der Waals surface area contributed by atoms with Crippen LogP contribution in [0.3, 0.4) is 0 Å². The van der Waals surface area contributed by atoms with E-state index in [0.29, 0.717) is 27.0 Å². The molecule has 44 heavy (non-hydrogen) atoms. The van der Waals surface area contributed by atoms with Crippen molar-refractivity contribution in [3.63, 3.8) is 0 Å². The predicted molar refractivity (Wildman–Crippen MR) is 162 cm³/mol. The van der Waals surface area contributed by atoms with E-state index in [4.69, 9.17) is 16.6 Å². The van der Waals surface area contributed by atoms with Gasteiger partial charge in [0.05, 0.1) is 18.2 Å². The molecule has 3 amide bonds. The maximum atomic E-state index is 13.1. The Morgan fingerprint density at radius 3 is 2.70 bits per heavy atom. The van der Waals surface area contributed by atoms with Crippen LogP contribution in [-0.4, -0.2) is 106 Å². The number of thioether (sulfide) groups is 3. The Balaban J connectivity index is 1.38. The van der Waals surface area contributed by atoms with E-state index in [2.05, 4.69) is 30.1 Å². The van der Waals surface area contributed by atoms with E-state index in [0.717, 1.165) is 16.4 Å². The van der Waals surface area contributed by atoms with Crippen molar-refractivity contribution in [1.82, 2.24) is 29.9 Å². The number of carbonyl (C=O) groups is 5. The number of β-lactam (4-membered cyclic amide) rings is 1. The van der Waals surface area contributed by atoms with Gasteiger partial charge in [-0.05, 0) is 12.1 Å². The van der Waals surface area contributed by atoms with Crippen molar-refractivity contribution in [3.8, 4) is 0 Å². The lowest BCUT2D eigenvalue weighted by Crippen LogP contribution is -2.71. The second kappa shape index (κ2) is 14.7. The number of oxime groups is 1. The van der Waals surface area contributed by atoms with E-state index < -0.39 is 59.3 Å². The van der Waals surface area contributed by atoms with Crippen LogP contribution >= 0.6 is 46.8 Å². The number of carboxylic acids is 2. The molecule has 0 radical (unpaired) electrons. The van der Waals surface area contributed by atoms with Crippen LogP contribution in [0.4, 0.5) is 5.13 Å². The third-order valence-electron chi connectivity index (χ3n) is 5.99. The van der Waals surface area contributed by atoms with E-state index >= 15 is 0 Å². The maximum Gasteiger partial charge on any atom is 0.353 e. The molecule has 17 nitrogen and oxygen atoms in total. The molecule has 9 N–H and O–H groups in total. The molecular formula is C23H25N9O8S4. The quantitative estimate of drug-likeness (QED) is 0.0428. The zero-order valence-corrected chi connectivity index (χ0v) is 25.7. The van der Waals surface area contributed by atoms with Crippen LogP contribution < -0.4 is 22.1 Å². The first-order valence-electron chi connectivity index (χ1n) is 12.5. The van der Waals surface area contributed by atoms with Crippen LogP contribution in [0.25, 0.3) is 0 Å². The Morgan fingerprint density at radius 2 is 2.05 bits per heavy atom. The summed E-state index contributed by atoms with van der Waals surface area (Å²) in [7, 11) is 0. The predicted octanol–water partition coefficient (Wildman–Crippen LogP) is -0.667. The highest BCUT2D eigenvalue weighted by Crippen LogP contribution is 2.45. The number of rotatable bonds is 14. The van der Waals surface area contributed by atoms with Gasteiger partial charge in [-0.3, -0.25) is 29.1 Å². The minimum absolute atomic E-state index is 0.0444. The fraction of sp³-hybridized carbons (Fsp3) is 0.348. The number of nitrogen functional groups attached to an aromatic ring is 1. The number of aliphatic carboxylic acids is 2. The van der Waals surface area contributed by atoms with Crippen LogP contribution in [0, 0.1) is 0 Å². The molecule has 1 fully saturated rings. The van der Waals surface area contributed by atoms with Gasteiger partial charge in [0.25, 0.3) is 11.8 Å². The third kappa shape index (κ3) is 7.59. The van der Waals surface area contributed by atoms with Gasteiger partial charge in [-0.1, -0.05) is 16.9 Å². The lowest BCUT2D eigenvalue weighted by Gasteiger charge is -2.49. The number of nitrogens with two attached hydrogens (primary N) is 2. The average Bonchev–Trinajstić information content (AvgIpc) is 3.41. The number of pyridine rings is 1. The van der Waals surface area contributed by atoms with E-state index in [9.17, 15) is 34.3 Å². The summed E-state index contributed by atoms with van der Waals surface area (Å²) in [5.41, 5.74) is 11.0. The van der Waals surface area contributed by atoms with Crippen LogP contribution in [0.5, 0.6) is 0 Å². The fourth-order valence-electron chi connectivity index (χ4n) is 3.99. The van der Waals surface area contributed by atoms with Gasteiger partial charge in [0.15, 0.2) is 5.13 Å². The van der Waals surface area contributed by atoms with Crippen LogP contribution in [0.15, 0.2) is 39.0 Å². The van der Waals surface area contributed by atoms with Gasteiger partial charge < -0.3 is 37.5 Å². The number of anilines is 1. The number of carboxylic acid groups (broad SMARTS) is 2. The number of carbonyl (C=O) groups excluding carboxylic acids is 3. The minimum atomic E-state index is -1.31. The van der Waals surface area contributed by atoms with Gasteiger partial charge in [-0.15, -0.1) is 11.8 Å². The molecule has 2 aliphatic rings. The molecule has 0 saturated carbocycles. The van der Waals surface area contributed by atoms with E-state index in [-0.39, 0.29) is 29.0 Å². The monoisotopic (exact) mass is 683 g/mol. The Labute approximate surface area is 265 Å². The molecule has 2 aromatic rings. The number of nitrogens with zero attached hydrogens (tertiary/aromatic N) is 5. The average molecular weight is 684 g/mol. The molecule has 4 rings (SSSR count). The van der Waals surface area contributed by atoms with Gasteiger partial charge in [0, 0.05) is 51.3 Å². The zero-order valence-electron chi connectivity index (χ0n) is 22.4. The molecule has 3 atom stereocenters. The first-order chi connectivity index (χ1) is 21.0. The minimum Gasteiger partial charge on any atom is -0.481 e. The standard InChI is InChI=1S/C23H25N9O8S4/c24-9(6-13(33)34)18(35)27-4-5-41-7-10-11(2-1-3-26-10)43-12-8-42-21-15(20(37)32(21)16(12)22(38)39)28-19(36)14(30-40)17-29-23(25)44-31-17/h1-3,9,15,21,40H,4-8,24H2,(H,27,35)(H,28,36)(H,33,34)(H,38,39)(H2,25,29,31)/b30-14-/t9-,15?,21?/m0/s1. The van der Waals surface area contributed by atoms with Crippen molar-refractivity contribution in [2.45, 2.75) is 34.5 Å². The normalized spacial score (nSPS) is 18.7. The molecular weight excluding hydrogens is 659 g/mol. The summed E-state index contributed by atoms with van der Waals surface area (Å²) in [5, 5.41) is 35.4. The summed E-state index contributed by atoms with van der Waals surface area (Å²) in [4.78, 5) is 71.1. The summed E-state index contributed by atoms with van der Waals surface area (Å²) in [5.74, 6) is -3.70. The van der Waals surface area contributed by atoms with Crippen molar-refractivity contribution >= 4 is 87.3 Å². The summed E-state index contributed by atoms with van der Waals surface area (Å²) >= 11 is 4.66. The Morgan fingerprint density at radius 1 is 1.27 bits per heavy atom. The van der Waals surface area contributed by atoms with Gasteiger partial charge in [-0.2, -0.15) is 21.1 Å². The molecule has 1 saturated heterocycles. The number of hydrogen-bond donors (Lipinski definition) is 7. The lowest BCUT2D eigenvalue weighted by molar-refractivity contribution is -0.150. The lowest BCUT2D eigenvalue weighted by atomic mass is 10.0. The summed E-state index contributed by atoms with van der Waals surface area (Å²) in [6.45, 7) is 0.257. The van der Waals surface area contributed by atoms with Crippen molar-refractivity contribution in [1.29, 1.82) is 0 Å². The number of nitrogens with one attached hydrogen (secondary N) is 2. The number of aromatic nitrogens is 3. The van der Waals surface area contributed by atoms with Gasteiger partial charge in [-0.25, -0.2) is 4.79 Å². The SMILES string of the molecule is Nc1nc(/C(=N/O)C(=O)NC2C(=O)N3C(C(=O)O)=C(Sc4cccnc4CSCCNC(=O)[C@@H](N)CC(=O)O)CSC23)ns1. The van der Waals surface area contributed by atoms with Crippen LogP contribution in [0.2, 0.25) is 0 Å². The fourth-order valence-corrected chi connectivity index (χ4v) is 7.90. The van der Waals surface area contributed by atoms with Crippen molar-refractivity contribution in [3.05, 3.63) is 40.5 Å². The first-order valence-corrected chi connectivity index (χ1v) is 16.3. The molecule has 0 aromatic carbocycles. The smallest absolute Gasteiger partial charge is 0.353 e. The largest absolute Gasteiger partial charge is 0.481 e. The van der Waals surface area contributed by atoms with Crippen molar-refractivity contribution in [2.75, 3.05) is 23.8 Å². The molecule has 0 spiro atoms. The second-order valence-electron chi connectivity index (χ2n) is 8.94. The number of hydrogen-bond acceptors (Lipinski definition) is 16. The van der Waals surface area contributed by atoms with E-state index in [1.807, 2.05) is 0 Å². The zero-order chi connectivity index (χ0) is 32.0. The molecule has 2 aromatic heterocycles. The molecule has 0 bridgehead atoms. The molecule has 2 unspecified atom stereocenters. The molecule has 234 valence electrons. The van der Waals surface area contributed by atoms with Crippen LogP contribution in [-0.2, 0) is 29.7 Å². The molecule has 21 heteroatoms. The Hall–Kier alpha value is -3.92. The van der Waals surface area contributed by atoms with Gasteiger partial charge in [0.1, 0.15) is 17.1 Å².